The summed E-state index contributed by atoms with van der Waals surface area (Å²) in [7, 11) is 0. The molecule has 0 aliphatic heterocycles. The molecule has 0 bridgehead atoms. The van der Waals surface area contributed by atoms with E-state index in [0.717, 1.165) is 11.1 Å². The van der Waals surface area contributed by atoms with Crippen LogP contribution in [0, 0.1) is 12.8 Å². The van der Waals surface area contributed by atoms with Crippen LogP contribution in [0.1, 0.15) is 31.4 Å². The highest BCUT2D eigenvalue weighted by Crippen LogP contribution is 2.08. The normalized spacial score (nSPS) is 13.8. The van der Waals surface area contributed by atoms with Crippen LogP contribution in [0.4, 0.5) is 0 Å². The van der Waals surface area contributed by atoms with Crippen LogP contribution in [-0.2, 0) is 16.0 Å². The molecule has 1 aromatic carbocycles. The number of nitrogens with one attached hydrogen (secondary N) is 1. The number of carbonyl (C=O) groups excluding carboxylic acids is 2. The van der Waals surface area contributed by atoms with Gasteiger partial charge in [0.05, 0.1) is 0 Å². The molecule has 1 rings (SSSR count). The Bertz CT molecular complexity index is 483. The van der Waals surface area contributed by atoms with Crippen molar-refractivity contribution < 1.29 is 14.7 Å². The van der Waals surface area contributed by atoms with Crippen molar-refractivity contribution in [3.8, 4) is 0 Å². The van der Waals surface area contributed by atoms with E-state index in [-0.39, 0.29) is 5.92 Å². The van der Waals surface area contributed by atoms with Crippen molar-refractivity contribution in [3.63, 3.8) is 0 Å². The van der Waals surface area contributed by atoms with Crippen LogP contribution in [-0.4, -0.2) is 29.1 Å². The molecule has 116 valence electrons. The Morgan fingerprint density at radius 3 is 2.29 bits per heavy atom. The van der Waals surface area contributed by atoms with Crippen LogP contribution in [0.15, 0.2) is 24.3 Å². The summed E-state index contributed by atoms with van der Waals surface area (Å²) in [5.41, 5.74) is 7.35. The summed E-state index contributed by atoms with van der Waals surface area (Å²) >= 11 is 0. The maximum Gasteiger partial charge on any atom is 0.249 e. The summed E-state index contributed by atoms with van der Waals surface area (Å²) in [6.07, 6.45) is -0.456. The molecule has 1 aromatic rings. The van der Waals surface area contributed by atoms with Gasteiger partial charge in [-0.2, -0.15) is 0 Å². The Labute approximate surface area is 125 Å². The number of aliphatic hydroxyl groups is 1. The lowest BCUT2D eigenvalue weighted by Gasteiger charge is -2.19. The van der Waals surface area contributed by atoms with Crippen LogP contribution in [0.2, 0.25) is 0 Å². The average molecular weight is 292 g/mol. The first-order valence-corrected chi connectivity index (χ1v) is 7.13. The Kier molecular flexibility index (Phi) is 6.37. The summed E-state index contributed by atoms with van der Waals surface area (Å²) in [6, 6.07) is 6.83. The number of aryl methyl sites for hydroxylation is 1. The fourth-order valence-corrected chi connectivity index (χ4v) is 2.00. The number of primary amides is 1. The van der Waals surface area contributed by atoms with Crippen molar-refractivity contribution >= 4 is 11.8 Å². The second-order valence-electron chi connectivity index (χ2n) is 5.80. The van der Waals surface area contributed by atoms with Crippen LogP contribution >= 0.6 is 0 Å². The van der Waals surface area contributed by atoms with Gasteiger partial charge in [-0.3, -0.25) is 9.59 Å². The fraction of sp³-hybridized carbons (Fsp3) is 0.500. The molecule has 0 aliphatic carbocycles. The van der Waals surface area contributed by atoms with Gasteiger partial charge in [0.2, 0.25) is 11.8 Å². The largest absolute Gasteiger partial charge is 0.383 e. The minimum absolute atomic E-state index is 0.190. The van der Waals surface area contributed by atoms with Gasteiger partial charge in [0, 0.05) is 6.42 Å². The fourth-order valence-electron chi connectivity index (χ4n) is 2.00. The van der Waals surface area contributed by atoms with E-state index in [9.17, 15) is 14.7 Å². The Morgan fingerprint density at radius 2 is 1.81 bits per heavy atom. The number of benzene rings is 1. The van der Waals surface area contributed by atoms with Crippen molar-refractivity contribution in [1.29, 1.82) is 0 Å². The standard InChI is InChI=1S/C16H24N2O3/c1-10(2)8-14(19)16(21)18-13(15(17)20)9-12-6-4-11(3)5-7-12/h4-7,10,13-14,19H,8-9H2,1-3H3,(H2,17,20)(H,18,21)/t13-,14+/m0/s1. The summed E-state index contributed by atoms with van der Waals surface area (Å²) in [5.74, 6) is -0.977. The predicted octanol–water partition coefficient (Wildman–Crippen LogP) is 0.915. The third kappa shape index (κ3) is 5.95. The smallest absolute Gasteiger partial charge is 0.249 e. The maximum absolute atomic E-state index is 11.9. The number of aliphatic hydroxyl groups excluding tert-OH is 1. The van der Waals surface area contributed by atoms with Gasteiger partial charge in [-0.1, -0.05) is 43.7 Å². The van der Waals surface area contributed by atoms with E-state index in [2.05, 4.69) is 5.32 Å². The van der Waals surface area contributed by atoms with E-state index in [1.54, 1.807) is 0 Å². The highest BCUT2D eigenvalue weighted by molar-refractivity contribution is 5.88. The van der Waals surface area contributed by atoms with Crippen LogP contribution in [0.25, 0.3) is 0 Å². The molecule has 0 unspecified atom stereocenters. The van der Waals surface area contributed by atoms with Crippen LogP contribution in [0.3, 0.4) is 0 Å². The molecule has 4 N–H and O–H groups in total. The van der Waals surface area contributed by atoms with Crippen LogP contribution < -0.4 is 11.1 Å². The zero-order valence-electron chi connectivity index (χ0n) is 12.8. The lowest BCUT2D eigenvalue weighted by Crippen LogP contribution is -2.49. The molecule has 0 aliphatic rings. The SMILES string of the molecule is Cc1ccc(C[C@H](NC(=O)[C@H](O)CC(C)C)C(N)=O)cc1. The minimum Gasteiger partial charge on any atom is -0.383 e. The van der Waals surface area contributed by atoms with Crippen molar-refractivity contribution in [1.82, 2.24) is 5.32 Å². The van der Waals surface area contributed by atoms with E-state index in [1.165, 1.54) is 0 Å². The highest BCUT2D eigenvalue weighted by atomic mass is 16.3. The number of hydrogen-bond donors (Lipinski definition) is 3. The lowest BCUT2D eigenvalue weighted by molar-refractivity contribution is -0.133. The van der Waals surface area contributed by atoms with E-state index >= 15 is 0 Å². The van der Waals surface area contributed by atoms with Crippen molar-refractivity contribution in [3.05, 3.63) is 35.4 Å². The zero-order chi connectivity index (χ0) is 16.0. The second-order valence-corrected chi connectivity index (χ2v) is 5.80. The topological polar surface area (TPSA) is 92.4 Å². The molecule has 2 amide bonds. The molecule has 0 spiro atoms. The molecule has 0 fully saturated rings. The van der Waals surface area contributed by atoms with Gasteiger partial charge in [0.1, 0.15) is 12.1 Å². The second kappa shape index (κ2) is 7.78. The average Bonchev–Trinajstić information content (AvgIpc) is 2.39. The zero-order valence-corrected chi connectivity index (χ0v) is 12.8. The van der Waals surface area contributed by atoms with Gasteiger partial charge < -0.3 is 16.2 Å². The molecule has 5 nitrogen and oxygen atoms in total. The van der Waals surface area contributed by atoms with E-state index < -0.39 is 24.0 Å². The third-order valence-electron chi connectivity index (χ3n) is 3.22. The lowest BCUT2D eigenvalue weighted by atomic mass is 10.0. The molecule has 2 atom stereocenters. The highest BCUT2D eigenvalue weighted by Gasteiger charge is 2.23. The molecular formula is C16H24N2O3. The molecule has 21 heavy (non-hydrogen) atoms. The number of amides is 2. The van der Waals surface area contributed by atoms with Gasteiger partial charge in [-0.05, 0) is 24.8 Å². The number of rotatable bonds is 7. The molecule has 5 heteroatoms. The summed E-state index contributed by atoms with van der Waals surface area (Å²) in [6.45, 7) is 5.79. The first-order chi connectivity index (χ1) is 9.79. The molecule has 0 saturated carbocycles. The number of nitrogens with two attached hydrogens (primary N) is 1. The molecule has 0 aromatic heterocycles. The Morgan fingerprint density at radius 1 is 1.24 bits per heavy atom. The van der Waals surface area contributed by atoms with Crippen molar-refractivity contribution in [2.75, 3.05) is 0 Å². The van der Waals surface area contributed by atoms with E-state index in [4.69, 9.17) is 5.73 Å². The Hall–Kier alpha value is -1.88. The van der Waals surface area contributed by atoms with E-state index in [1.807, 2.05) is 45.0 Å². The van der Waals surface area contributed by atoms with Gasteiger partial charge >= 0.3 is 0 Å². The predicted molar refractivity (Wildman–Crippen MR) is 81.5 cm³/mol. The molecule has 0 saturated heterocycles. The maximum atomic E-state index is 11.9. The summed E-state index contributed by atoms with van der Waals surface area (Å²) < 4.78 is 0. The van der Waals surface area contributed by atoms with Crippen molar-refractivity contribution in [2.45, 2.75) is 45.8 Å². The minimum atomic E-state index is -1.12. The summed E-state index contributed by atoms with van der Waals surface area (Å²) in [4.78, 5) is 23.3. The first-order valence-electron chi connectivity index (χ1n) is 7.13. The van der Waals surface area contributed by atoms with E-state index in [0.29, 0.717) is 12.8 Å². The first kappa shape index (κ1) is 17.2. The number of hydrogen-bond acceptors (Lipinski definition) is 3. The molecule has 0 radical (unpaired) electrons. The number of carbonyl (C=O) groups is 2. The van der Waals surface area contributed by atoms with Gasteiger partial charge in [0.25, 0.3) is 0 Å². The van der Waals surface area contributed by atoms with Crippen molar-refractivity contribution in [2.24, 2.45) is 11.7 Å². The third-order valence-corrected chi connectivity index (χ3v) is 3.22. The molecule has 0 heterocycles. The molecular weight excluding hydrogens is 268 g/mol. The van der Waals surface area contributed by atoms with Crippen LogP contribution in [0.5, 0.6) is 0 Å². The Balaban J connectivity index is 2.67. The quantitative estimate of drug-likeness (QED) is 0.697. The summed E-state index contributed by atoms with van der Waals surface area (Å²) in [5, 5.41) is 12.3. The van der Waals surface area contributed by atoms with Gasteiger partial charge in [-0.15, -0.1) is 0 Å². The van der Waals surface area contributed by atoms with Gasteiger partial charge in [-0.25, -0.2) is 0 Å². The monoisotopic (exact) mass is 292 g/mol. The van der Waals surface area contributed by atoms with Gasteiger partial charge in [0.15, 0.2) is 0 Å².